The molecule has 0 radical (unpaired) electrons. The van der Waals surface area contributed by atoms with Crippen molar-refractivity contribution in [1.82, 2.24) is 15.6 Å². The molecule has 1 aromatic heterocycles. The van der Waals surface area contributed by atoms with Crippen molar-refractivity contribution in [2.75, 3.05) is 6.54 Å². The Labute approximate surface area is 105 Å². The van der Waals surface area contributed by atoms with Gasteiger partial charge in [0.05, 0.1) is 6.54 Å². The molecule has 5 heteroatoms. The number of hydrogen-bond donors (Lipinski definition) is 2. The molecule has 0 atom stereocenters. The number of aromatic nitrogens is 1. The first-order valence-corrected chi connectivity index (χ1v) is 6.13. The molecule has 0 saturated heterocycles. The van der Waals surface area contributed by atoms with Gasteiger partial charge in [-0.25, -0.2) is 4.98 Å². The minimum absolute atomic E-state index is 0.0274. The Balaban J connectivity index is 1.53. The Morgan fingerprint density at radius 2 is 2.33 bits per heavy atom. The summed E-state index contributed by atoms with van der Waals surface area (Å²) < 4.78 is 5.22. The number of rotatable bonds is 5. The van der Waals surface area contributed by atoms with E-state index in [0.717, 1.165) is 16.7 Å². The lowest BCUT2D eigenvalue weighted by molar-refractivity contribution is -0.120. The molecular formula is C13H15N3O2. The summed E-state index contributed by atoms with van der Waals surface area (Å²) in [5.74, 6) is 0.0274. The number of nitrogens with one attached hydrogen (secondary N) is 2. The van der Waals surface area contributed by atoms with Crippen LogP contribution in [0, 0.1) is 0 Å². The van der Waals surface area contributed by atoms with Gasteiger partial charge >= 0.3 is 0 Å². The summed E-state index contributed by atoms with van der Waals surface area (Å²) in [5.41, 5.74) is 2.59. The minimum Gasteiger partial charge on any atom is -0.443 e. The fourth-order valence-corrected chi connectivity index (χ4v) is 1.80. The fourth-order valence-electron chi connectivity index (χ4n) is 1.80. The molecule has 2 N–H and O–H groups in total. The smallest absolute Gasteiger partial charge is 0.234 e. The summed E-state index contributed by atoms with van der Waals surface area (Å²) in [5, 5.41) is 6.05. The summed E-state index contributed by atoms with van der Waals surface area (Å²) >= 11 is 0. The second-order valence-corrected chi connectivity index (χ2v) is 4.59. The molecule has 1 heterocycles. The maximum Gasteiger partial charge on any atom is 0.234 e. The lowest BCUT2D eigenvalue weighted by Crippen LogP contribution is -2.34. The number of amides is 1. The third-order valence-corrected chi connectivity index (χ3v) is 3.01. The van der Waals surface area contributed by atoms with Gasteiger partial charge < -0.3 is 15.1 Å². The van der Waals surface area contributed by atoms with E-state index in [2.05, 4.69) is 15.6 Å². The molecule has 0 unspecified atom stereocenters. The maximum atomic E-state index is 11.6. The van der Waals surface area contributed by atoms with Crippen LogP contribution in [0.3, 0.4) is 0 Å². The number of carbonyl (C=O) groups excluding carboxylic acids is 1. The Kier molecular flexibility index (Phi) is 2.98. The molecule has 3 rings (SSSR count). The number of carbonyl (C=O) groups is 1. The molecule has 1 amide bonds. The minimum atomic E-state index is 0.0274. The number of hydrogen-bond acceptors (Lipinski definition) is 4. The van der Waals surface area contributed by atoms with Crippen LogP contribution in [0.1, 0.15) is 18.4 Å². The maximum absolute atomic E-state index is 11.6. The third-order valence-electron chi connectivity index (χ3n) is 3.01. The van der Waals surface area contributed by atoms with Gasteiger partial charge in [0.2, 0.25) is 5.91 Å². The van der Waals surface area contributed by atoms with E-state index in [-0.39, 0.29) is 5.91 Å². The fraction of sp³-hybridized carbons (Fsp3) is 0.385. The molecule has 1 aliphatic rings. The second-order valence-electron chi connectivity index (χ2n) is 4.59. The molecule has 1 aliphatic carbocycles. The lowest BCUT2D eigenvalue weighted by Gasteiger charge is -2.05. The zero-order valence-electron chi connectivity index (χ0n) is 9.98. The van der Waals surface area contributed by atoms with E-state index in [0.29, 0.717) is 19.1 Å². The first kappa shape index (κ1) is 11.2. The summed E-state index contributed by atoms with van der Waals surface area (Å²) in [6.07, 6.45) is 3.80. The summed E-state index contributed by atoms with van der Waals surface area (Å²) in [6, 6.07) is 6.29. The molecular weight excluding hydrogens is 230 g/mol. The molecule has 18 heavy (non-hydrogen) atoms. The average molecular weight is 245 g/mol. The first-order valence-electron chi connectivity index (χ1n) is 6.13. The number of nitrogens with zero attached hydrogens (tertiary/aromatic N) is 1. The highest BCUT2D eigenvalue weighted by Crippen LogP contribution is 2.18. The van der Waals surface area contributed by atoms with Crippen LogP contribution in [-0.4, -0.2) is 23.5 Å². The highest BCUT2D eigenvalue weighted by Gasteiger charge is 2.20. The molecule has 1 aromatic carbocycles. The van der Waals surface area contributed by atoms with Gasteiger partial charge in [-0.15, -0.1) is 0 Å². The van der Waals surface area contributed by atoms with Crippen LogP contribution in [0.15, 0.2) is 29.0 Å². The van der Waals surface area contributed by atoms with Crippen molar-refractivity contribution in [3.63, 3.8) is 0 Å². The van der Waals surface area contributed by atoms with Crippen LogP contribution < -0.4 is 10.6 Å². The topological polar surface area (TPSA) is 67.2 Å². The van der Waals surface area contributed by atoms with E-state index in [1.807, 2.05) is 18.2 Å². The highest BCUT2D eigenvalue weighted by atomic mass is 16.3. The SMILES string of the molecule is O=C(CNC1CC1)NCc1ccc2ncoc2c1. The van der Waals surface area contributed by atoms with E-state index in [9.17, 15) is 4.79 Å². The average Bonchev–Trinajstić information content (AvgIpc) is 3.10. The third kappa shape index (κ3) is 2.68. The van der Waals surface area contributed by atoms with Crippen LogP contribution in [0.2, 0.25) is 0 Å². The van der Waals surface area contributed by atoms with Crippen LogP contribution >= 0.6 is 0 Å². The zero-order valence-corrected chi connectivity index (χ0v) is 9.98. The van der Waals surface area contributed by atoms with Crippen LogP contribution in [0.25, 0.3) is 11.1 Å². The van der Waals surface area contributed by atoms with Crippen LogP contribution in [0.5, 0.6) is 0 Å². The Morgan fingerprint density at radius 1 is 1.44 bits per heavy atom. The van der Waals surface area contributed by atoms with Crippen molar-refractivity contribution >= 4 is 17.0 Å². The van der Waals surface area contributed by atoms with Crippen molar-refractivity contribution in [3.05, 3.63) is 30.2 Å². The number of benzene rings is 1. The summed E-state index contributed by atoms with van der Waals surface area (Å²) in [6.45, 7) is 0.914. The van der Waals surface area contributed by atoms with Gasteiger partial charge in [0.25, 0.3) is 0 Å². The van der Waals surface area contributed by atoms with E-state index in [4.69, 9.17) is 4.42 Å². The molecule has 2 aromatic rings. The second kappa shape index (κ2) is 4.78. The van der Waals surface area contributed by atoms with Crippen molar-refractivity contribution in [1.29, 1.82) is 0 Å². The molecule has 5 nitrogen and oxygen atoms in total. The molecule has 1 fully saturated rings. The molecule has 0 spiro atoms. The standard InChI is InChI=1S/C13H15N3O2/c17-13(7-14-10-2-3-10)15-6-9-1-4-11-12(5-9)18-8-16-11/h1,4-5,8,10,14H,2-3,6-7H2,(H,15,17). The van der Waals surface area contributed by atoms with E-state index >= 15 is 0 Å². The summed E-state index contributed by atoms with van der Waals surface area (Å²) in [7, 11) is 0. The van der Waals surface area contributed by atoms with Gasteiger partial charge in [-0.3, -0.25) is 4.79 Å². The van der Waals surface area contributed by atoms with E-state index < -0.39 is 0 Å². The van der Waals surface area contributed by atoms with Gasteiger partial charge in [-0.05, 0) is 30.5 Å². The lowest BCUT2D eigenvalue weighted by atomic mass is 10.2. The first-order chi connectivity index (χ1) is 8.81. The molecule has 1 saturated carbocycles. The Hall–Kier alpha value is -1.88. The van der Waals surface area contributed by atoms with Gasteiger partial charge in [0, 0.05) is 12.6 Å². The van der Waals surface area contributed by atoms with E-state index in [1.165, 1.54) is 19.2 Å². The largest absolute Gasteiger partial charge is 0.443 e. The highest BCUT2D eigenvalue weighted by molar-refractivity contribution is 5.78. The normalized spacial score (nSPS) is 14.9. The predicted molar refractivity (Wildman–Crippen MR) is 66.9 cm³/mol. The molecule has 94 valence electrons. The quantitative estimate of drug-likeness (QED) is 0.830. The Morgan fingerprint density at radius 3 is 3.17 bits per heavy atom. The molecule has 0 bridgehead atoms. The van der Waals surface area contributed by atoms with Gasteiger partial charge in [0.15, 0.2) is 12.0 Å². The van der Waals surface area contributed by atoms with E-state index in [1.54, 1.807) is 0 Å². The van der Waals surface area contributed by atoms with Crippen LogP contribution in [-0.2, 0) is 11.3 Å². The summed E-state index contributed by atoms with van der Waals surface area (Å²) in [4.78, 5) is 15.6. The monoisotopic (exact) mass is 245 g/mol. The number of fused-ring (bicyclic) bond motifs is 1. The van der Waals surface area contributed by atoms with Gasteiger partial charge in [-0.2, -0.15) is 0 Å². The number of oxazole rings is 1. The predicted octanol–water partition coefficient (Wildman–Crippen LogP) is 1.20. The van der Waals surface area contributed by atoms with Crippen molar-refractivity contribution in [2.24, 2.45) is 0 Å². The van der Waals surface area contributed by atoms with Crippen molar-refractivity contribution in [3.8, 4) is 0 Å². The Bertz CT molecular complexity index is 560. The van der Waals surface area contributed by atoms with Gasteiger partial charge in [-0.1, -0.05) is 6.07 Å². The molecule has 0 aliphatic heterocycles. The van der Waals surface area contributed by atoms with Crippen molar-refractivity contribution < 1.29 is 9.21 Å². The van der Waals surface area contributed by atoms with Crippen LogP contribution in [0.4, 0.5) is 0 Å². The van der Waals surface area contributed by atoms with Gasteiger partial charge in [0.1, 0.15) is 5.52 Å². The van der Waals surface area contributed by atoms with Crippen molar-refractivity contribution in [2.45, 2.75) is 25.4 Å². The zero-order chi connectivity index (χ0) is 12.4.